The van der Waals surface area contributed by atoms with Crippen LogP contribution in [0, 0.1) is 6.92 Å². The molecule has 41 heavy (non-hydrogen) atoms. The van der Waals surface area contributed by atoms with E-state index in [0.717, 1.165) is 41.1 Å². The number of hydrogen-bond acceptors (Lipinski definition) is 7. The summed E-state index contributed by atoms with van der Waals surface area (Å²) >= 11 is 1.44. The number of amides is 1. The van der Waals surface area contributed by atoms with Gasteiger partial charge in [-0.05, 0) is 64.6 Å². The van der Waals surface area contributed by atoms with E-state index in [1.165, 1.54) is 34.0 Å². The normalized spacial score (nSPS) is 14.3. The SMILES string of the molecule is Cc1cc(N2CCOCC2)cc(CNC(=O)OCC2c3ccccc3-c3ccccc32)c1Sc1ncccc1C=O. The lowest BCUT2D eigenvalue weighted by Gasteiger charge is -2.30. The molecule has 1 fully saturated rings. The van der Waals surface area contributed by atoms with Crippen molar-refractivity contribution in [2.75, 3.05) is 37.8 Å². The molecule has 0 bridgehead atoms. The fraction of sp³-hybridized carbons (Fsp3) is 0.242. The molecule has 8 heteroatoms. The summed E-state index contributed by atoms with van der Waals surface area (Å²) in [4.78, 5) is 32.4. The first kappa shape index (κ1) is 27.1. The molecule has 1 aromatic heterocycles. The summed E-state index contributed by atoms with van der Waals surface area (Å²) in [7, 11) is 0. The summed E-state index contributed by atoms with van der Waals surface area (Å²) in [6.45, 7) is 5.55. The van der Waals surface area contributed by atoms with Crippen LogP contribution in [-0.2, 0) is 16.0 Å². The lowest BCUT2D eigenvalue weighted by Crippen LogP contribution is -2.36. The molecule has 208 valence electrons. The average Bonchev–Trinajstić information content (AvgIpc) is 3.34. The maximum absolute atomic E-state index is 13.0. The molecule has 1 saturated heterocycles. The number of anilines is 1. The molecule has 2 aliphatic rings. The molecule has 0 spiro atoms. The molecule has 0 unspecified atom stereocenters. The summed E-state index contributed by atoms with van der Waals surface area (Å²) in [5, 5.41) is 3.61. The third kappa shape index (κ3) is 5.71. The minimum Gasteiger partial charge on any atom is -0.449 e. The Labute approximate surface area is 243 Å². The number of carbonyl (C=O) groups excluding carboxylic acids is 2. The van der Waals surface area contributed by atoms with Crippen molar-refractivity contribution < 1.29 is 19.1 Å². The Hall–Kier alpha value is -4.14. The second-order valence-corrected chi connectivity index (χ2v) is 11.1. The predicted molar refractivity (Wildman–Crippen MR) is 160 cm³/mol. The van der Waals surface area contributed by atoms with Crippen molar-refractivity contribution in [3.63, 3.8) is 0 Å². The first-order valence-electron chi connectivity index (χ1n) is 13.8. The van der Waals surface area contributed by atoms with E-state index in [1.807, 2.05) is 31.2 Å². The zero-order valence-electron chi connectivity index (χ0n) is 22.8. The minimum absolute atomic E-state index is 0.00271. The quantitative estimate of drug-likeness (QED) is 0.254. The Morgan fingerprint density at radius 1 is 1.05 bits per heavy atom. The molecule has 3 aromatic carbocycles. The highest BCUT2D eigenvalue weighted by atomic mass is 32.2. The van der Waals surface area contributed by atoms with E-state index in [2.05, 4.69) is 51.6 Å². The van der Waals surface area contributed by atoms with Gasteiger partial charge in [0, 0.05) is 47.9 Å². The van der Waals surface area contributed by atoms with Crippen molar-refractivity contribution in [2.45, 2.75) is 29.3 Å². The van der Waals surface area contributed by atoms with Gasteiger partial charge in [0.15, 0.2) is 6.29 Å². The largest absolute Gasteiger partial charge is 0.449 e. The number of pyridine rings is 1. The maximum atomic E-state index is 13.0. The molecule has 2 heterocycles. The number of morpholine rings is 1. The molecule has 1 N–H and O–H groups in total. The highest BCUT2D eigenvalue weighted by Gasteiger charge is 2.29. The molecule has 0 atom stereocenters. The van der Waals surface area contributed by atoms with E-state index in [1.54, 1.807) is 18.3 Å². The van der Waals surface area contributed by atoms with Crippen LogP contribution in [0.15, 0.2) is 88.9 Å². The van der Waals surface area contributed by atoms with Crippen molar-refractivity contribution in [3.05, 3.63) is 107 Å². The maximum Gasteiger partial charge on any atom is 0.407 e. The molecule has 0 radical (unpaired) electrons. The Kier molecular flexibility index (Phi) is 8.02. The number of nitrogens with one attached hydrogen (secondary N) is 1. The molecule has 4 aromatic rings. The Balaban J connectivity index is 1.20. The van der Waals surface area contributed by atoms with E-state index < -0.39 is 6.09 Å². The highest BCUT2D eigenvalue weighted by molar-refractivity contribution is 7.99. The van der Waals surface area contributed by atoms with Crippen LogP contribution in [0.3, 0.4) is 0 Å². The van der Waals surface area contributed by atoms with Gasteiger partial charge in [-0.1, -0.05) is 60.3 Å². The van der Waals surface area contributed by atoms with E-state index in [9.17, 15) is 9.59 Å². The Morgan fingerprint density at radius 2 is 1.76 bits per heavy atom. The zero-order valence-corrected chi connectivity index (χ0v) is 23.7. The summed E-state index contributed by atoms with van der Waals surface area (Å²) in [6, 6.07) is 24.3. The van der Waals surface area contributed by atoms with Crippen LogP contribution in [0.25, 0.3) is 11.1 Å². The number of ether oxygens (including phenoxy) is 2. The topological polar surface area (TPSA) is 80.8 Å². The number of hydrogen-bond donors (Lipinski definition) is 1. The monoisotopic (exact) mass is 565 g/mol. The minimum atomic E-state index is -0.469. The lowest BCUT2D eigenvalue weighted by atomic mass is 9.98. The van der Waals surface area contributed by atoms with Crippen LogP contribution in [0.1, 0.15) is 38.5 Å². The average molecular weight is 566 g/mol. The Bertz CT molecular complexity index is 1540. The second-order valence-electron chi connectivity index (χ2n) is 10.1. The van der Waals surface area contributed by atoms with Crippen LogP contribution in [0.2, 0.25) is 0 Å². The van der Waals surface area contributed by atoms with Gasteiger partial charge in [0.25, 0.3) is 0 Å². The van der Waals surface area contributed by atoms with Gasteiger partial charge in [0.05, 0.1) is 13.2 Å². The standard InChI is InChI=1S/C33H31N3O4S/c1-22-17-25(36-13-15-39-16-14-36)18-24(31(22)41-32-23(20-37)7-6-12-34-32)19-35-33(38)40-21-30-28-10-4-2-8-26(28)27-9-3-5-11-29(27)30/h2-12,17-18,20,30H,13-16,19,21H2,1H3,(H,35,38). The number of aromatic nitrogens is 1. The smallest absolute Gasteiger partial charge is 0.407 e. The number of fused-ring (bicyclic) bond motifs is 3. The number of nitrogens with zero attached hydrogens (tertiary/aromatic N) is 2. The fourth-order valence-electron chi connectivity index (χ4n) is 5.60. The van der Waals surface area contributed by atoms with Gasteiger partial charge >= 0.3 is 6.09 Å². The van der Waals surface area contributed by atoms with Crippen molar-refractivity contribution in [2.24, 2.45) is 0 Å². The van der Waals surface area contributed by atoms with Crippen LogP contribution in [-0.4, -0.2) is 50.3 Å². The number of aldehydes is 1. The van der Waals surface area contributed by atoms with Crippen LogP contribution in [0.4, 0.5) is 10.5 Å². The molecule has 0 saturated carbocycles. The summed E-state index contributed by atoms with van der Waals surface area (Å²) in [5.74, 6) is -0.00271. The predicted octanol–water partition coefficient (Wildman–Crippen LogP) is 6.23. The van der Waals surface area contributed by atoms with E-state index in [4.69, 9.17) is 9.47 Å². The molecule has 6 rings (SSSR count). The van der Waals surface area contributed by atoms with Crippen molar-refractivity contribution >= 4 is 29.8 Å². The van der Waals surface area contributed by atoms with Gasteiger partial charge in [0.1, 0.15) is 11.6 Å². The molecule has 1 aliphatic heterocycles. The van der Waals surface area contributed by atoms with E-state index >= 15 is 0 Å². The van der Waals surface area contributed by atoms with Gasteiger partial charge in [-0.2, -0.15) is 0 Å². The van der Waals surface area contributed by atoms with Crippen molar-refractivity contribution in [1.29, 1.82) is 0 Å². The second kappa shape index (κ2) is 12.2. The number of benzene rings is 3. The lowest BCUT2D eigenvalue weighted by molar-refractivity contribution is 0.112. The van der Waals surface area contributed by atoms with Crippen LogP contribution >= 0.6 is 11.8 Å². The van der Waals surface area contributed by atoms with Gasteiger partial charge in [-0.3, -0.25) is 4.79 Å². The van der Waals surface area contributed by atoms with Crippen molar-refractivity contribution in [1.82, 2.24) is 10.3 Å². The third-order valence-electron chi connectivity index (χ3n) is 7.61. The zero-order chi connectivity index (χ0) is 28.2. The molecular formula is C33H31N3O4S. The number of alkyl carbamates (subject to hydrolysis) is 1. The summed E-state index contributed by atoms with van der Waals surface area (Å²) < 4.78 is 11.3. The van der Waals surface area contributed by atoms with E-state index in [-0.39, 0.29) is 19.1 Å². The van der Waals surface area contributed by atoms with Gasteiger partial charge < -0.3 is 19.7 Å². The first-order valence-corrected chi connectivity index (χ1v) is 14.6. The molecular weight excluding hydrogens is 534 g/mol. The number of rotatable bonds is 8. The van der Waals surface area contributed by atoms with Gasteiger partial charge in [0.2, 0.25) is 0 Å². The van der Waals surface area contributed by atoms with E-state index in [0.29, 0.717) is 23.8 Å². The number of aryl methyl sites for hydroxylation is 1. The third-order valence-corrected chi connectivity index (χ3v) is 8.93. The van der Waals surface area contributed by atoms with Crippen LogP contribution < -0.4 is 10.2 Å². The van der Waals surface area contributed by atoms with Crippen molar-refractivity contribution in [3.8, 4) is 11.1 Å². The van der Waals surface area contributed by atoms with Gasteiger partial charge in [-0.15, -0.1) is 0 Å². The summed E-state index contributed by atoms with van der Waals surface area (Å²) in [6.07, 6.45) is 2.03. The molecule has 7 nitrogen and oxygen atoms in total. The molecule has 1 aliphatic carbocycles. The fourth-order valence-corrected chi connectivity index (χ4v) is 6.62. The first-order chi connectivity index (χ1) is 20.1. The molecule has 1 amide bonds. The highest BCUT2D eigenvalue weighted by Crippen LogP contribution is 2.44. The van der Waals surface area contributed by atoms with Gasteiger partial charge in [-0.25, -0.2) is 9.78 Å². The summed E-state index contributed by atoms with van der Waals surface area (Å²) in [5.41, 5.74) is 8.33. The number of carbonyl (C=O) groups is 2. The van der Waals surface area contributed by atoms with Crippen LogP contribution in [0.5, 0.6) is 0 Å². The Morgan fingerprint density at radius 3 is 2.46 bits per heavy atom.